The average Bonchev–Trinajstić information content (AvgIpc) is 2.49. The van der Waals surface area contributed by atoms with E-state index in [4.69, 9.17) is 0 Å². The number of halogens is 1. The van der Waals surface area contributed by atoms with Gasteiger partial charge in [0, 0.05) is 16.1 Å². The number of carbonyl (C=O) groups is 1. The van der Waals surface area contributed by atoms with Gasteiger partial charge < -0.3 is 5.32 Å². The summed E-state index contributed by atoms with van der Waals surface area (Å²) >= 11 is 3.42. The molecule has 4 heteroatoms. The van der Waals surface area contributed by atoms with Crippen molar-refractivity contribution in [3.8, 4) is 0 Å². The van der Waals surface area contributed by atoms with Crippen LogP contribution in [-0.2, 0) is 0 Å². The lowest BCUT2D eigenvalue weighted by Crippen LogP contribution is -2.12. The van der Waals surface area contributed by atoms with Crippen LogP contribution in [0.5, 0.6) is 0 Å². The second-order valence-corrected chi connectivity index (χ2v) is 5.16. The van der Waals surface area contributed by atoms with E-state index in [9.17, 15) is 4.79 Å². The second-order valence-electron chi connectivity index (χ2n) is 4.31. The highest BCUT2D eigenvalue weighted by molar-refractivity contribution is 9.10. The zero-order valence-electron chi connectivity index (χ0n) is 10.5. The maximum Gasteiger partial charge on any atom is 0.256 e. The first-order chi connectivity index (χ1) is 9.75. The number of pyridine rings is 1. The molecule has 0 saturated heterocycles. The lowest BCUT2D eigenvalue weighted by Gasteiger charge is -2.09. The molecule has 20 heavy (non-hydrogen) atoms. The van der Waals surface area contributed by atoms with Crippen molar-refractivity contribution in [2.45, 2.75) is 0 Å². The monoisotopic (exact) mass is 326 g/mol. The molecule has 1 amide bonds. The van der Waals surface area contributed by atoms with E-state index in [2.05, 4.69) is 26.2 Å². The minimum absolute atomic E-state index is 0.143. The lowest BCUT2D eigenvalue weighted by molar-refractivity contribution is 0.102. The quantitative estimate of drug-likeness (QED) is 0.764. The predicted octanol–water partition coefficient (Wildman–Crippen LogP) is 4.25. The Morgan fingerprint density at radius 3 is 2.60 bits per heavy atom. The number of carbonyl (C=O) groups excluding carboxylic acids is 1. The van der Waals surface area contributed by atoms with E-state index < -0.39 is 0 Å². The number of hydrogen-bond acceptors (Lipinski definition) is 2. The second kappa shape index (κ2) is 5.43. The van der Waals surface area contributed by atoms with Crippen molar-refractivity contribution in [3.63, 3.8) is 0 Å². The number of anilines is 1. The molecule has 0 radical (unpaired) electrons. The molecular weight excluding hydrogens is 316 g/mol. The number of nitrogens with zero attached hydrogens (tertiary/aromatic N) is 1. The number of aromatic nitrogens is 1. The van der Waals surface area contributed by atoms with Crippen LogP contribution in [0.2, 0.25) is 0 Å². The van der Waals surface area contributed by atoms with E-state index in [0.717, 1.165) is 21.1 Å². The van der Waals surface area contributed by atoms with Crippen molar-refractivity contribution in [1.29, 1.82) is 0 Å². The summed E-state index contributed by atoms with van der Waals surface area (Å²) < 4.78 is 0.853. The number of benzene rings is 2. The van der Waals surface area contributed by atoms with E-state index in [1.54, 1.807) is 12.3 Å². The van der Waals surface area contributed by atoms with E-state index in [0.29, 0.717) is 5.56 Å². The van der Waals surface area contributed by atoms with Crippen LogP contribution < -0.4 is 5.32 Å². The van der Waals surface area contributed by atoms with Gasteiger partial charge in [-0.1, -0.05) is 30.3 Å². The van der Waals surface area contributed by atoms with Gasteiger partial charge in [-0.2, -0.15) is 0 Å². The van der Waals surface area contributed by atoms with Crippen molar-refractivity contribution in [3.05, 3.63) is 70.8 Å². The number of amides is 1. The molecule has 0 unspecified atom stereocenters. The normalized spacial score (nSPS) is 10.4. The van der Waals surface area contributed by atoms with Crippen LogP contribution in [0.3, 0.4) is 0 Å². The smallest absolute Gasteiger partial charge is 0.256 e. The molecule has 1 N–H and O–H groups in total. The Kier molecular flexibility index (Phi) is 3.48. The van der Waals surface area contributed by atoms with Crippen molar-refractivity contribution < 1.29 is 4.79 Å². The summed E-state index contributed by atoms with van der Waals surface area (Å²) in [6, 6.07) is 16.9. The molecule has 1 aromatic heterocycles. The minimum Gasteiger partial charge on any atom is -0.321 e. The van der Waals surface area contributed by atoms with Gasteiger partial charge in [0.2, 0.25) is 0 Å². The molecule has 0 spiro atoms. The lowest BCUT2D eigenvalue weighted by atomic mass is 10.1. The summed E-state index contributed by atoms with van der Waals surface area (Å²) in [5, 5.41) is 3.75. The van der Waals surface area contributed by atoms with Crippen LogP contribution in [-0.4, -0.2) is 10.9 Å². The van der Waals surface area contributed by atoms with Gasteiger partial charge in [0.25, 0.3) is 5.91 Å². The van der Waals surface area contributed by atoms with Gasteiger partial charge in [-0.15, -0.1) is 0 Å². The fraction of sp³-hybridized carbons (Fsp3) is 0. The summed E-state index contributed by atoms with van der Waals surface area (Å²) in [5.41, 5.74) is 2.18. The maximum atomic E-state index is 12.4. The first kappa shape index (κ1) is 12.8. The van der Waals surface area contributed by atoms with Gasteiger partial charge in [0.1, 0.15) is 0 Å². The number of nitrogens with one attached hydrogen (secondary N) is 1. The van der Waals surface area contributed by atoms with Crippen LogP contribution in [0.1, 0.15) is 10.4 Å². The summed E-state index contributed by atoms with van der Waals surface area (Å²) in [5.74, 6) is -0.143. The van der Waals surface area contributed by atoms with Gasteiger partial charge >= 0.3 is 0 Å². The molecule has 0 aliphatic carbocycles. The molecule has 3 rings (SSSR count). The molecule has 0 atom stereocenters. The van der Waals surface area contributed by atoms with Gasteiger partial charge in [0.05, 0.1) is 16.8 Å². The standard InChI is InChI=1S/C16H11BrN2O/c17-13-6-2-4-8-15(13)19-16(20)12-9-10-18-14-7-3-1-5-11(12)14/h1-10H,(H,19,20). The third-order valence-electron chi connectivity index (χ3n) is 3.02. The molecule has 2 aromatic carbocycles. The maximum absolute atomic E-state index is 12.4. The summed E-state index contributed by atoms with van der Waals surface area (Å²) in [6.07, 6.45) is 1.65. The molecule has 3 aromatic rings. The Morgan fingerprint density at radius 1 is 1.00 bits per heavy atom. The fourth-order valence-electron chi connectivity index (χ4n) is 2.05. The first-order valence-electron chi connectivity index (χ1n) is 6.15. The summed E-state index contributed by atoms with van der Waals surface area (Å²) in [6.45, 7) is 0. The van der Waals surface area contributed by atoms with E-state index in [-0.39, 0.29) is 5.91 Å². The third-order valence-corrected chi connectivity index (χ3v) is 3.71. The largest absolute Gasteiger partial charge is 0.321 e. The van der Waals surface area contributed by atoms with Crippen LogP contribution >= 0.6 is 15.9 Å². The Morgan fingerprint density at radius 2 is 1.75 bits per heavy atom. The molecule has 0 aliphatic rings. The summed E-state index contributed by atoms with van der Waals surface area (Å²) in [7, 11) is 0. The average molecular weight is 327 g/mol. The molecule has 1 heterocycles. The highest BCUT2D eigenvalue weighted by Crippen LogP contribution is 2.23. The van der Waals surface area contributed by atoms with E-state index in [1.165, 1.54) is 0 Å². The Labute approximate surface area is 124 Å². The highest BCUT2D eigenvalue weighted by atomic mass is 79.9. The van der Waals surface area contributed by atoms with Crippen molar-refractivity contribution in [1.82, 2.24) is 4.98 Å². The van der Waals surface area contributed by atoms with Crippen LogP contribution in [0.25, 0.3) is 10.9 Å². The first-order valence-corrected chi connectivity index (χ1v) is 6.94. The molecule has 0 aliphatic heterocycles. The molecule has 0 bridgehead atoms. The zero-order chi connectivity index (χ0) is 13.9. The Balaban J connectivity index is 1.99. The topological polar surface area (TPSA) is 42.0 Å². The van der Waals surface area contributed by atoms with Crippen LogP contribution in [0.4, 0.5) is 5.69 Å². The van der Waals surface area contributed by atoms with Crippen LogP contribution in [0.15, 0.2) is 65.3 Å². The minimum atomic E-state index is -0.143. The SMILES string of the molecule is O=C(Nc1ccccc1Br)c1ccnc2ccccc12. The van der Waals surface area contributed by atoms with E-state index in [1.807, 2.05) is 48.5 Å². The van der Waals surface area contributed by atoms with Gasteiger partial charge in [0.15, 0.2) is 0 Å². The van der Waals surface area contributed by atoms with E-state index >= 15 is 0 Å². The number of para-hydroxylation sites is 2. The molecule has 0 saturated carbocycles. The number of fused-ring (bicyclic) bond motifs is 1. The number of hydrogen-bond donors (Lipinski definition) is 1. The highest BCUT2D eigenvalue weighted by Gasteiger charge is 2.11. The van der Waals surface area contributed by atoms with Gasteiger partial charge in [-0.25, -0.2) is 0 Å². The zero-order valence-corrected chi connectivity index (χ0v) is 12.1. The van der Waals surface area contributed by atoms with Crippen molar-refractivity contribution in [2.75, 3.05) is 5.32 Å². The summed E-state index contributed by atoms with van der Waals surface area (Å²) in [4.78, 5) is 16.7. The van der Waals surface area contributed by atoms with Gasteiger partial charge in [-0.05, 0) is 40.2 Å². The molecule has 98 valence electrons. The molecular formula is C16H11BrN2O. The predicted molar refractivity (Wildman–Crippen MR) is 83.8 cm³/mol. The molecule has 0 fully saturated rings. The van der Waals surface area contributed by atoms with Gasteiger partial charge in [-0.3, -0.25) is 9.78 Å². The van der Waals surface area contributed by atoms with Crippen LogP contribution in [0, 0.1) is 0 Å². The molecule has 3 nitrogen and oxygen atoms in total. The Bertz CT molecular complexity index is 781. The fourth-order valence-corrected chi connectivity index (χ4v) is 2.43. The third kappa shape index (κ3) is 2.42. The number of rotatable bonds is 2. The van der Waals surface area contributed by atoms with Crippen molar-refractivity contribution in [2.24, 2.45) is 0 Å². The van der Waals surface area contributed by atoms with Crippen molar-refractivity contribution >= 4 is 38.4 Å². The Hall–Kier alpha value is -2.20.